The van der Waals surface area contributed by atoms with Gasteiger partial charge >= 0.3 is 0 Å². The second kappa shape index (κ2) is 7.92. The van der Waals surface area contributed by atoms with E-state index in [4.69, 9.17) is 9.15 Å². The number of oxazole rings is 1. The molecule has 0 saturated heterocycles. The number of fused-ring (bicyclic) bond motifs is 1. The Morgan fingerprint density at radius 1 is 1.25 bits per heavy atom. The molecule has 28 heavy (non-hydrogen) atoms. The number of aryl methyl sites for hydroxylation is 3. The van der Waals surface area contributed by atoms with Crippen molar-refractivity contribution in [3.8, 4) is 5.88 Å². The maximum Gasteiger partial charge on any atom is 0.272 e. The number of rotatable bonds is 6. The number of benzene rings is 1. The second-order valence-corrected chi connectivity index (χ2v) is 6.68. The van der Waals surface area contributed by atoms with Crippen LogP contribution in [0.25, 0.3) is 11.1 Å². The zero-order valence-electron chi connectivity index (χ0n) is 16.0. The van der Waals surface area contributed by atoms with Crippen molar-refractivity contribution >= 4 is 17.0 Å². The van der Waals surface area contributed by atoms with Crippen molar-refractivity contribution in [3.63, 3.8) is 0 Å². The molecular formula is C20H21F2N3O3. The summed E-state index contributed by atoms with van der Waals surface area (Å²) in [6.45, 7) is 6.43. The number of alkyl halides is 2. The first kappa shape index (κ1) is 19.7. The van der Waals surface area contributed by atoms with Crippen molar-refractivity contribution in [3.05, 3.63) is 52.5 Å². The molecular weight excluding hydrogens is 368 g/mol. The number of pyridine rings is 1. The molecule has 1 N–H and O–H groups in total. The van der Waals surface area contributed by atoms with Gasteiger partial charge in [-0.05, 0) is 50.1 Å². The summed E-state index contributed by atoms with van der Waals surface area (Å²) < 4.78 is 35.1. The van der Waals surface area contributed by atoms with Gasteiger partial charge in [-0.25, -0.2) is 18.7 Å². The van der Waals surface area contributed by atoms with Gasteiger partial charge in [0.2, 0.25) is 5.88 Å². The van der Waals surface area contributed by atoms with E-state index in [0.29, 0.717) is 28.1 Å². The van der Waals surface area contributed by atoms with Gasteiger partial charge in [-0.1, -0.05) is 0 Å². The number of amides is 1. The predicted molar refractivity (Wildman–Crippen MR) is 99.8 cm³/mol. The van der Waals surface area contributed by atoms with Gasteiger partial charge in [-0.2, -0.15) is 0 Å². The lowest BCUT2D eigenvalue weighted by atomic mass is 10.1. The molecule has 0 aliphatic heterocycles. The van der Waals surface area contributed by atoms with Gasteiger partial charge in [-0.15, -0.1) is 0 Å². The first-order valence-electron chi connectivity index (χ1n) is 8.80. The highest BCUT2D eigenvalue weighted by Gasteiger charge is 2.19. The number of nitrogens with one attached hydrogen (secondary N) is 1. The third kappa shape index (κ3) is 4.27. The van der Waals surface area contributed by atoms with Crippen LogP contribution in [0.1, 0.15) is 45.9 Å². The number of aromatic nitrogens is 2. The van der Waals surface area contributed by atoms with Crippen molar-refractivity contribution < 1.29 is 22.7 Å². The summed E-state index contributed by atoms with van der Waals surface area (Å²) in [7, 11) is 0. The minimum Gasteiger partial charge on any atom is -0.471 e. The SMILES string of the molecule is Cc1cc(C(=O)NC(C)c2cnc(OCC(F)F)c(C)c2)c2oc(C)nc2c1. The third-order valence-corrected chi connectivity index (χ3v) is 4.23. The van der Waals surface area contributed by atoms with Crippen LogP contribution in [0.4, 0.5) is 8.78 Å². The molecule has 0 aliphatic rings. The van der Waals surface area contributed by atoms with E-state index in [-0.39, 0.29) is 17.8 Å². The first-order chi connectivity index (χ1) is 13.2. The molecule has 0 spiro atoms. The smallest absolute Gasteiger partial charge is 0.272 e. The molecule has 0 radical (unpaired) electrons. The lowest BCUT2D eigenvalue weighted by Gasteiger charge is -2.16. The lowest BCUT2D eigenvalue weighted by Crippen LogP contribution is -2.27. The van der Waals surface area contributed by atoms with E-state index in [1.165, 1.54) is 6.20 Å². The standard InChI is InChI=1S/C20H21F2N3O3/c1-10-5-15(18-16(6-10)25-13(4)28-18)19(26)24-12(3)14-7-11(2)20(23-8-14)27-9-17(21)22/h5-8,12,17H,9H2,1-4H3,(H,24,26). The first-order valence-corrected chi connectivity index (χ1v) is 8.80. The number of carbonyl (C=O) groups is 1. The summed E-state index contributed by atoms with van der Waals surface area (Å²) >= 11 is 0. The molecule has 8 heteroatoms. The summed E-state index contributed by atoms with van der Waals surface area (Å²) in [6, 6.07) is 5.00. The monoisotopic (exact) mass is 389 g/mol. The molecule has 1 amide bonds. The molecule has 3 rings (SSSR count). The largest absolute Gasteiger partial charge is 0.471 e. The number of ether oxygens (including phenoxy) is 1. The van der Waals surface area contributed by atoms with Crippen LogP contribution < -0.4 is 10.1 Å². The van der Waals surface area contributed by atoms with E-state index < -0.39 is 13.0 Å². The summed E-state index contributed by atoms with van der Waals surface area (Å²) in [4.78, 5) is 21.2. The van der Waals surface area contributed by atoms with Gasteiger partial charge in [0.1, 0.15) is 5.52 Å². The average Bonchev–Trinajstić information content (AvgIpc) is 2.99. The molecule has 1 atom stereocenters. The fourth-order valence-corrected chi connectivity index (χ4v) is 2.92. The topological polar surface area (TPSA) is 77.2 Å². The maximum absolute atomic E-state index is 12.8. The molecule has 3 aromatic rings. The lowest BCUT2D eigenvalue weighted by molar-refractivity contribution is 0.0791. The van der Waals surface area contributed by atoms with Gasteiger partial charge in [0.05, 0.1) is 11.6 Å². The van der Waals surface area contributed by atoms with Crippen LogP contribution in [0.3, 0.4) is 0 Å². The van der Waals surface area contributed by atoms with E-state index >= 15 is 0 Å². The van der Waals surface area contributed by atoms with Crippen LogP contribution >= 0.6 is 0 Å². The van der Waals surface area contributed by atoms with Crippen molar-refractivity contribution in [1.29, 1.82) is 0 Å². The highest BCUT2D eigenvalue weighted by atomic mass is 19.3. The Kier molecular flexibility index (Phi) is 5.58. The molecule has 0 aliphatic carbocycles. The minimum atomic E-state index is -2.56. The normalized spacial score (nSPS) is 12.4. The van der Waals surface area contributed by atoms with E-state index in [0.717, 1.165) is 11.1 Å². The van der Waals surface area contributed by atoms with Crippen LogP contribution in [-0.4, -0.2) is 28.9 Å². The van der Waals surface area contributed by atoms with E-state index in [2.05, 4.69) is 15.3 Å². The van der Waals surface area contributed by atoms with Crippen LogP contribution in [-0.2, 0) is 0 Å². The number of nitrogens with zero attached hydrogens (tertiary/aromatic N) is 2. The number of hydrogen-bond donors (Lipinski definition) is 1. The fraction of sp³-hybridized carbons (Fsp3) is 0.350. The van der Waals surface area contributed by atoms with E-state index in [9.17, 15) is 13.6 Å². The van der Waals surface area contributed by atoms with Crippen LogP contribution in [0.2, 0.25) is 0 Å². The Balaban J connectivity index is 1.78. The maximum atomic E-state index is 12.8. The zero-order chi connectivity index (χ0) is 20.4. The predicted octanol–water partition coefficient (Wildman–Crippen LogP) is 4.28. The quantitative estimate of drug-likeness (QED) is 0.681. The highest BCUT2D eigenvalue weighted by molar-refractivity contribution is 6.04. The second-order valence-electron chi connectivity index (χ2n) is 6.68. The molecule has 148 valence electrons. The van der Waals surface area contributed by atoms with E-state index in [1.54, 1.807) is 26.0 Å². The van der Waals surface area contributed by atoms with Gasteiger partial charge in [0, 0.05) is 18.7 Å². The third-order valence-electron chi connectivity index (χ3n) is 4.23. The van der Waals surface area contributed by atoms with Crippen molar-refractivity contribution in [2.45, 2.75) is 40.2 Å². The molecule has 0 saturated carbocycles. The Bertz CT molecular complexity index is 1020. The number of hydrogen-bond acceptors (Lipinski definition) is 5. The van der Waals surface area contributed by atoms with Crippen molar-refractivity contribution in [1.82, 2.24) is 15.3 Å². The number of carbonyl (C=O) groups excluding carboxylic acids is 1. The van der Waals surface area contributed by atoms with Crippen LogP contribution in [0.5, 0.6) is 5.88 Å². The Labute approximate surface area is 160 Å². The Hall–Kier alpha value is -3.03. The molecule has 0 fully saturated rings. The zero-order valence-corrected chi connectivity index (χ0v) is 16.0. The number of halogens is 2. The van der Waals surface area contributed by atoms with E-state index in [1.807, 2.05) is 19.9 Å². The molecule has 2 aromatic heterocycles. The summed E-state index contributed by atoms with van der Waals surface area (Å²) in [5.41, 5.74) is 3.72. The Morgan fingerprint density at radius 2 is 2.00 bits per heavy atom. The Morgan fingerprint density at radius 3 is 2.68 bits per heavy atom. The van der Waals surface area contributed by atoms with Gasteiger partial charge in [-0.3, -0.25) is 4.79 Å². The summed E-state index contributed by atoms with van der Waals surface area (Å²) in [5.74, 6) is 0.343. The molecule has 1 aromatic carbocycles. The van der Waals surface area contributed by atoms with Gasteiger partial charge in [0.25, 0.3) is 12.3 Å². The molecule has 0 bridgehead atoms. The van der Waals surface area contributed by atoms with Gasteiger partial charge in [0.15, 0.2) is 18.1 Å². The van der Waals surface area contributed by atoms with Crippen LogP contribution in [0, 0.1) is 20.8 Å². The minimum absolute atomic E-state index is 0.153. The molecule has 1 unspecified atom stereocenters. The fourth-order valence-electron chi connectivity index (χ4n) is 2.92. The van der Waals surface area contributed by atoms with Crippen LogP contribution in [0.15, 0.2) is 28.8 Å². The summed E-state index contributed by atoms with van der Waals surface area (Å²) in [5, 5.41) is 2.91. The van der Waals surface area contributed by atoms with Crippen molar-refractivity contribution in [2.75, 3.05) is 6.61 Å². The van der Waals surface area contributed by atoms with Crippen molar-refractivity contribution in [2.24, 2.45) is 0 Å². The highest BCUT2D eigenvalue weighted by Crippen LogP contribution is 2.24. The molecule has 6 nitrogen and oxygen atoms in total. The van der Waals surface area contributed by atoms with Gasteiger partial charge < -0.3 is 14.5 Å². The average molecular weight is 389 g/mol. The summed E-state index contributed by atoms with van der Waals surface area (Å²) in [6.07, 6.45) is -1.06. The molecule has 2 heterocycles.